The highest BCUT2D eigenvalue weighted by atomic mass is 19.1. The smallest absolute Gasteiger partial charge is 0.123 e. The van der Waals surface area contributed by atoms with Crippen LogP contribution in [0, 0.1) is 5.82 Å². The van der Waals surface area contributed by atoms with Gasteiger partial charge in [-0.05, 0) is 90.7 Å². The second kappa shape index (κ2) is 11.5. The van der Waals surface area contributed by atoms with Crippen LogP contribution in [0.5, 0.6) is 11.5 Å². The van der Waals surface area contributed by atoms with E-state index >= 15 is 0 Å². The molecule has 4 nitrogen and oxygen atoms in total. The van der Waals surface area contributed by atoms with Gasteiger partial charge in [-0.25, -0.2) is 4.39 Å². The summed E-state index contributed by atoms with van der Waals surface area (Å²) in [6.07, 6.45) is 1.64. The van der Waals surface area contributed by atoms with E-state index in [-0.39, 0.29) is 11.9 Å². The first-order valence-electron chi connectivity index (χ1n) is 12.8. The lowest BCUT2D eigenvalue weighted by Crippen LogP contribution is -2.36. The summed E-state index contributed by atoms with van der Waals surface area (Å²) in [5, 5.41) is 10.0. The summed E-state index contributed by atoms with van der Waals surface area (Å²) < 4.78 is 19.6. The van der Waals surface area contributed by atoms with Crippen molar-refractivity contribution in [2.45, 2.75) is 25.4 Å². The van der Waals surface area contributed by atoms with Crippen LogP contribution in [0.1, 0.15) is 28.3 Å². The maximum Gasteiger partial charge on any atom is 0.123 e. The van der Waals surface area contributed by atoms with Crippen LogP contribution in [-0.2, 0) is 19.4 Å². The van der Waals surface area contributed by atoms with Crippen molar-refractivity contribution < 1.29 is 14.2 Å². The zero-order chi connectivity index (χ0) is 25.6. The lowest BCUT2D eigenvalue weighted by Gasteiger charge is -2.39. The van der Waals surface area contributed by atoms with Gasteiger partial charge in [0.2, 0.25) is 0 Å². The van der Waals surface area contributed by atoms with Gasteiger partial charge in [0, 0.05) is 25.3 Å². The number of rotatable bonds is 9. The van der Waals surface area contributed by atoms with Crippen molar-refractivity contribution in [1.29, 1.82) is 0 Å². The molecule has 0 fully saturated rings. The Kier molecular flexibility index (Phi) is 7.71. The molecule has 190 valence electrons. The van der Waals surface area contributed by atoms with E-state index in [4.69, 9.17) is 4.74 Å². The van der Waals surface area contributed by atoms with Crippen molar-refractivity contribution in [1.82, 2.24) is 4.90 Å². The second-order valence-corrected chi connectivity index (χ2v) is 9.74. The van der Waals surface area contributed by atoms with E-state index in [2.05, 4.69) is 53.2 Å². The Hall–Kier alpha value is -3.83. The van der Waals surface area contributed by atoms with Crippen LogP contribution in [-0.4, -0.2) is 36.8 Å². The van der Waals surface area contributed by atoms with Crippen LogP contribution in [0.25, 0.3) is 0 Å². The Morgan fingerprint density at radius 1 is 0.919 bits per heavy atom. The molecule has 1 unspecified atom stereocenters. The molecule has 0 saturated carbocycles. The minimum atomic E-state index is -0.232. The van der Waals surface area contributed by atoms with Crippen molar-refractivity contribution >= 4 is 5.69 Å². The van der Waals surface area contributed by atoms with Crippen LogP contribution >= 0.6 is 0 Å². The van der Waals surface area contributed by atoms with Gasteiger partial charge in [-0.1, -0.05) is 48.5 Å². The Labute approximate surface area is 218 Å². The second-order valence-electron chi connectivity index (χ2n) is 9.74. The number of halogens is 1. The van der Waals surface area contributed by atoms with Crippen LogP contribution in [0.2, 0.25) is 0 Å². The predicted octanol–water partition coefficient (Wildman–Crippen LogP) is 6.39. The molecule has 1 aliphatic rings. The van der Waals surface area contributed by atoms with Crippen LogP contribution in [0.3, 0.4) is 0 Å². The summed E-state index contributed by atoms with van der Waals surface area (Å²) in [7, 11) is 2.11. The van der Waals surface area contributed by atoms with Crippen LogP contribution < -0.4 is 9.64 Å². The average molecular weight is 497 g/mol. The maximum absolute atomic E-state index is 13.6. The van der Waals surface area contributed by atoms with Gasteiger partial charge in [0.25, 0.3) is 0 Å². The van der Waals surface area contributed by atoms with Gasteiger partial charge in [0.15, 0.2) is 0 Å². The average Bonchev–Trinajstić information content (AvgIpc) is 2.91. The first kappa shape index (κ1) is 24.8. The van der Waals surface area contributed by atoms with Gasteiger partial charge >= 0.3 is 0 Å². The molecule has 0 saturated heterocycles. The summed E-state index contributed by atoms with van der Waals surface area (Å²) in [4.78, 5) is 4.60. The molecule has 1 atom stereocenters. The van der Waals surface area contributed by atoms with E-state index in [1.807, 2.05) is 42.5 Å². The molecule has 5 heteroatoms. The summed E-state index contributed by atoms with van der Waals surface area (Å²) >= 11 is 0. The fourth-order valence-corrected chi connectivity index (χ4v) is 5.10. The standard InChI is InChI=1S/C32H33FN2O2/c1-34(23-25-5-3-2-4-6-25)19-20-37-30-14-7-24(8-15-30)21-32-31-16-13-29(36)22-26(31)17-18-35(32)28-11-9-27(33)10-12-28/h2-16,22,32,36H,17-21,23H2,1H3. The third-order valence-electron chi connectivity index (χ3n) is 7.03. The van der Waals surface area contributed by atoms with Crippen molar-refractivity contribution in [3.8, 4) is 11.5 Å². The lowest BCUT2D eigenvalue weighted by atomic mass is 9.88. The van der Waals surface area contributed by atoms with Crippen molar-refractivity contribution in [3.05, 3.63) is 125 Å². The number of ether oxygens (including phenoxy) is 1. The van der Waals surface area contributed by atoms with Gasteiger partial charge in [0.05, 0.1) is 6.04 Å². The van der Waals surface area contributed by atoms with E-state index in [9.17, 15) is 9.50 Å². The van der Waals surface area contributed by atoms with Gasteiger partial charge < -0.3 is 14.7 Å². The predicted molar refractivity (Wildman–Crippen MR) is 147 cm³/mol. The highest BCUT2D eigenvalue weighted by molar-refractivity contribution is 5.53. The Balaban J connectivity index is 1.24. The Bertz CT molecular complexity index is 1290. The number of phenols is 1. The molecule has 0 aromatic heterocycles. The lowest BCUT2D eigenvalue weighted by molar-refractivity contribution is 0.233. The van der Waals surface area contributed by atoms with E-state index in [1.54, 1.807) is 6.07 Å². The maximum atomic E-state index is 13.6. The fraction of sp³-hybridized carbons (Fsp3) is 0.250. The molecule has 0 aliphatic carbocycles. The zero-order valence-electron chi connectivity index (χ0n) is 21.2. The zero-order valence-corrected chi connectivity index (χ0v) is 21.2. The molecular formula is C32H33FN2O2. The molecule has 5 rings (SSSR count). The number of anilines is 1. The van der Waals surface area contributed by atoms with E-state index in [0.29, 0.717) is 12.4 Å². The number of aromatic hydroxyl groups is 1. The molecule has 37 heavy (non-hydrogen) atoms. The topological polar surface area (TPSA) is 35.9 Å². The Morgan fingerprint density at radius 3 is 2.43 bits per heavy atom. The molecule has 1 N–H and O–H groups in total. The molecule has 0 spiro atoms. The summed E-state index contributed by atoms with van der Waals surface area (Å²) in [5.41, 5.74) is 5.87. The number of fused-ring (bicyclic) bond motifs is 1. The number of hydrogen-bond acceptors (Lipinski definition) is 4. The molecule has 4 aromatic rings. The minimum Gasteiger partial charge on any atom is -0.508 e. The molecule has 0 radical (unpaired) electrons. The summed E-state index contributed by atoms with van der Waals surface area (Å²) in [5.74, 6) is 0.925. The fourth-order valence-electron chi connectivity index (χ4n) is 5.10. The third-order valence-corrected chi connectivity index (χ3v) is 7.03. The summed E-state index contributed by atoms with van der Waals surface area (Å²) in [6.45, 7) is 3.17. The molecule has 1 aliphatic heterocycles. The van der Waals surface area contributed by atoms with Crippen LogP contribution in [0.15, 0.2) is 97.1 Å². The van der Waals surface area contributed by atoms with E-state index < -0.39 is 0 Å². The number of hydrogen-bond donors (Lipinski definition) is 1. The molecule has 4 aromatic carbocycles. The monoisotopic (exact) mass is 496 g/mol. The van der Waals surface area contributed by atoms with Crippen LogP contribution in [0.4, 0.5) is 10.1 Å². The van der Waals surface area contributed by atoms with E-state index in [1.165, 1.54) is 34.4 Å². The molecule has 0 amide bonds. The quantitative estimate of drug-likeness (QED) is 0.291. The largest absolute Gasteiger partial charge is 0.508 e. The number of phenolic OH excluding ortho intramolecular Hbond substituents is 1. The SMILES string of the molecule is CN(CCOc1ccc(CC2c3ccc(O)cc3CCN2c2ccc(F)cc2)cc1)Cc1ccccc1. The molecular weight excluding hydrogens is 463 g/mol. The third kappa shape index (κ3) is 6.30. The highest BCUT2D eigenvalue weighted by Crippen LogP contribution is 2.37. The molecule has 1 heterocycles. The number of likely N-dealkylation sites (N-methyl/N-ethyl adjacent to an activating group) is 1. The molecule has 0 bridgehead atoms. The number of benzene rings is 4. The van der Waals surface area contributed by atoms with E-state index in [0.717, 1.165) is 43.9 Å². The first-order chi connectivity index (χ1) is 18.0. The van der Waals surface area contributed by atoms with Gasteiger partial charge in [-0.15, -0.1) is 0 Å². The highest BCUT2D eigenvalue weighted by Gasteiger charge is 2.28. The first-order valence-corrected chi connectivity index (χ1v) is 12.8. The normalized spacial score (nSPS) is 15.0. The van der Waals surface area contributed by atoms with Gasteiger partial charge in [-0.3, -0.25) is 4.90 Å². The minimum absolute atomic E-state index is 0.0909. The Morgan fingerprint density at radius 2 is 1.68 bits per heavy atom. The number of nitrogens with zero attached hydrogens (tertiary/aromatic N) is 2. The van der Waals surface area contributed by atoms with Gasteiger partial charge in [-0.2, -0.15) is 0 Å². The van der Waals surface area contributed by atoms with Crippen molar-refractivity contribution in [2.24, 2.45) is 0 Å². The van der Waals surface area contributed by atoms with Gasteiger partial charge in [0.1, 0.15) is 23.9 Å². The van der Waals surface area contributed by atoms with Crippen molar-refractivity contribution in [2.75, 3.05) is 31.6 Å². The summed E-state index contributed by atoms with van der Waals surface area (Å²) in [6, 6.07) is 31.2. The van der Waals surface area contributed by atoms with Crippen molar-refractivity contribution in [3.63, 3.8) is 0 Å².